The van der Waals surface area contributed by atoms with E-state index in [4.69, 9.17) is 0 Å². The van der Waals surface area contributed by atoms with E-state index >= 15 is 0 Å². The van der Waals surface area contributed by atoms with Crippen LogP contribution in [0.4, 0.5) is 0 Å². The number of rotatable bonds is 1. The summed E-state index contributed by atoms with van der Waals surface area (Å²) in [6.45, 7) is 4.00. The highest BCUT2D eigenvalue weighted by Gasteiger charge is 2.21. The minimum atomic E-state index is -3.49. The van der Waals surface area contributed by atoms with Gasteiger partial charge in [-0.1, -0.05) is 13.8 Å². The number of hydrazone groups is 1. The normalized spacial score (nSPS) is 17.3. The summed E-state index contributed by atoms with van der Waals surface area (Å²) >= 11 is 0. The van der Waals surface area contributed by atoms with Crippen molar-refractivity contribution in [1.29, 1.82) is 0 Å². The van der Waals surface area contributed by atoms with E-state index in [9.17, 15) is 8.42 Å². The van der Waals surface area contributed by atoms with Crippen molar-refractivity contribution in [2.75, 3.05) is 0 Å². The average molecular weight is 225 g/mol. The van der Waals surface area contributed by atoms with Gasteiger partial charge in [0.05, 0.1) is 6.21 Å². The second-order valence-electron chi connectivity index (χ2n) is 3.65. The molecule has 0 aromatic carbocycles. The van der Waals surface area contributed by atoms with E-state index in [2.05, 4.69) is 14.9 Å². The van der Waals surface area contributed by atoms with Crippen LogP contribution in [0.2, 0.25) is 0 Å². The molecule has 0 saturated heterocycles. The van der Waals surface area contributed by atoms with Gasteiger partial charge in [0, 0.05) is 17.5 Å². The Labute approximate surface area is 88.3 Å². The Morgan fingerprint density at radius 2 is 2.13 bits per heavy atom. The van der Waals surface area contributed by atoms with Gasteiger partial charge >= 0.3 is 0 Å². The van der Waals surface area contributed by atoms with E-state index in [0.29, 0.717) is 5.56 Å². The van der Waals surface area contributed by atoms with Crippen LogP contribution in [0.3, 0.4) is 0 Å². The summed E-state index contributed by atoms with van der Waals surface area (Å²) < 4.78 is 23.0. The van der Waals surface area contributed by atoms with Gasteiger partial charge in [0.2, 0.25) is 0 Å². The van der Waals surface area contributed by atoms with Crippen molar-refractivity contribution < 1.29 is 8.42 Å². The van der Waals surface area contributed by atoms with Gasteiger partial charge in [-0.05, 0) is 12.0 Å². The van der Waals surface area contributed by atoms with Gasteiger partial charge in [-0.3, -0.25) is 4.98 Å². The molecule has 1 aromatic rings. The van der Waals surface area contributed by atoms with Crippen LogP contribution in [0.25, 0.3) is 0 Å². The maximum Gasteiger partial charge on any atom is 0.278 e. The molecule has 1 N–H and O–H groups in total. The van der Waals surface area contributed by atoms with Gasteiger partial charge < -0.3 is 0 Å². The van der Waals surface area contributed by atoms with Crippen molar-refractivity contribution in [2.24, 2.45) is 5.10 Å². The molecule has 0 saturated carbocycles. The molecule has 1 aliphatic heterocycles. The van der Waals surface area contributed by atoms with E-state index < -0.39 is 10.0 Å². The SMILES string of the molecule is CC(C)c1cc2c(cn1)S(=O)(=O)NN=C2. The van der Waals surface area contributed by atoms with Crippen LogP contribution in [0.15, 0.2) is 22.3 Å². The fraction of sp³-hybridized carbons (Fsp3) is 0.333. The third kappa shape index (κ3) is 1.72. The number of hydrogen-bond donors (Lipinski definition) is 1. The lowest BCUT2D eigenvalue weighted by Crippen LogP contribution is -2.24. The monoisotopic (exact) mass is 225 g/mol. The van der Waals surface area contributed by atoms with Crippen molar-refractivity contribution in [2.45, 2.75) is 24.7 Å². The van der Waals surface area contributed by atoms with Crippen LogP contribution in [0.5, 0.6) is 0 Å². The molecule has 0 unspecified atom stereocenters. The average Bonchev–Trinajstić information content (AvgIpc) is 2.16. The first kappa shape index (κ1) is 10.1. The zero-order chi connectivity index (χ0) is 11.1. The Morgan fingerprint density at radius 1 is 1.40 bits per heavy atom. The number of fused-ring (bicyclic) bond motifs is 1. The second-order valence-corrected chi connectivity index (χ2v) is 5.28. The Hall–Kier alpha value is -1.43. The fourth-order valence-electron chi connectivity index (χ4n) is 1.33. The predicted molar refractivity (Wildman–Crippen MR) is 56.2 cm³/mol. The molecule has 0 atom stereocenters. The lowest BCUT2D eigenvalue weighted by Gasteiger charge is -2.13. The van der Waals surface area contributed by atoms with E-state index in [1.807, 2.05) is 13.8 Å². The van der Waals surface area contributed by atoms with E-state index in [1.54, 1.807) is 6.07 Å². The van der Waals surface area contributed by atoms with Crippen LogP contribution in [0, 0.1) is 0 Å². The summed E-state index contributed by atoms with van der Waals surface area (Å²) in [6.07, 6.45) is 2.86. The van der Waals surface area contributed by atoms with E-state index in [1.165, 1.54) is 12.4 Å². The molecule has 0 aliphatic carbocycles. The van der Waals surface area contributed by atoms with Gasteiger partial charge in [-0.15, -0.1) is 0 Å². The highest BCUT2D eigenvalue weighted by Crippen LogP contribution is 2.20. The summed E-state index contributed by atoms with van der Waals surface area (Å²) in [7, 11) is -3.49. The molecule has 0 spiro atoms. The first-order valence-corrected chi connectivity index (χ1v) is 6.04. The molecule has 0 amide bonds. The lowest BCUT2D eigenvalue weighted by molar-refractivity contribution is 0.582. The zero-order valence-corrected chi connectivity index (χ0v) is 9.25. The van der Waals surface area contributed by atoms with E-state index in [-0.39, 0.29) is 10.8 Å². The third-order valence-corrected chi connectivity index (χ3v) is 3.44. The number of sulfonamides is 1. The van der Waals surface area contributed by atoms with Gasteiger partial charge in [-0.25, -0.2) is 0 Å². The van der Waals surface area contributed by atoms with Gasteiger partial charge in [0.15, 0.2) is 0 Å². The van der Waals surface area contributed by atoms with Gasteiger partial charge in [0.25, 0.3) is 10.0 Å². The topological polar surface area (TPSA) is 71.4 Å². The minimum Gasteiger partial charge on any atom is -0.260 e. The summed E-state index contributed by atoms with van der Waals surface area (Å²) in [5, 5.41) is 3.58. The Bertz CT molecular complexity index is 520. The first-order chi connectivity index (χ1) is 7.00. The second kappa shape index (κ2) is 3.30. The molecule has 0 radical (unpaired) electrons. The van der Waals surface area contributed by atoms with Crippen LogP contribution >= 0.6 is 0 Å². The molecule has 5 nitrogen and oxygen atoms in total. The highest BCUT2D eigenvalue weighted by atomic mass is 32.2. The zero-order valence-electron chi connectivity index (χ0n) is 8.43. The number of hydrogen-bond acceptors (Lipinski definition) is 4. The molecule has 1 aliphatic rings. The Balaban J connectivity index is 2.61. The van der Waals surface area contributed by atoms with Gasteiger partial charge in [0.1, 0.15) is 4.90 Å². The maximum absolute atomic E-state index is 11.5. The van der Waals surface area contributed by atoms with E-state index in [0.717, 1.165) is 5.69 Å². The van der Waals surface area contributed by atoms with Crippen molar-refractivity contribution in [1.82, 2.24) is 9.82 Å². The van der Waals surface area contributed by atoms with Crippen molar-refractivity contribution >= 4 is 16.2 Å². The predicted octanol–water partition coefficient (Wildman–Crippen LogP) is 0.831. The van der Waals surface area contributed by atoms with Crippen molar-refractivity contribution in [3.8, 4) is 0 Å². The molecule has 0 fully saturated rings. The molecule has 1 aromatic heterocycles. The number of nitrogens with zero attached hydrogens (tertiary/aromatic N) is 2. The molecule has 2 heterocycles. The van der Waals surface area contributed by atoms with Gasteiger partial charge in [-0.2, -0.15) is 18.4 Å². The molecule has 0 bridgehead atoms. The van der Waals surface area contributed by atoms with Crippen molar-refractivity contribution in [3.05, 3.63) is 23.5 Å². The van der Waals surface area contributed by atoms with Crippen LogP contribution < -0.4 is 4.83 Å². The summed E-state index contributed by atoms with van der Waals surface area (Å²) in [4.78, 5) is 6.35. The largest absolute Gasteiger partial charge is 0.278 e. The smallest absolute Gasteiger partial charge is 0.260 e. The molecule has 15 heavy (non-hydrogen) atoms. The number of nitrogens with one attached hydrogen (secondary N) is 1. The highest BCUT2D eigenvalue weighted by molar-refractivity contribution is 7.89. The lowest BCUT2D eigenvalue weighted by atomic mass is 10.1. The number of aromatic nitrogens is 1. The molecular formula is C9H11N3O2S. The summed E-state index contributed by atoms with van der Waals surface area (Å²) in [5.74, 6) is 0.265. The minimum absolute atomic E-state index is 0.182. The standard InChI is InChI=1S/C9H11N3O2S/c1-6(2)8-3-7-4-11-12-15(13,14)9(7)5-10-8/h3-6,12H,1-2H3. The third-order valence-electron chi connectivity index (χ3n) is 2.18. The molecule has 80 valence electrons. The molecular weight excluding hydrogens is 214 g/mol. The maximum atomic E-state index is 11.5. The molecule has 6 heteroatoms. The Kier molecular flexibility index (Phi) is 2.22. The first-order valence-electron chi connectivity index (χ1n) is 4.55. The number of pyridine rings is 1. The Morgan fingerprint density at radius 3 is 2.80 bits per heavy atom. The van der Waals surface area contributed by atoms with Crippen LogP contribution in [-0.2, 0) is 10.0 Å². The quantitative estimate of drug-likeness (QED) is 0.769. The summed E-state index contributed by atoms with van der Waals surface area (Å²) in [5.41, 5.74) is 1.45. The fourth-order valence-corrected chi connectivity index (χ4v) is 2.23. The van der Waals surface area contributed by atoms with Crippen LogP contribution in [0.1, 0.15) is 31.0 Å². The van der Waals surface area contributed by atoms with Crippen molar-refractivity contribution in [3.63, 3.8) is 0 Å². The summed E-state index contributed by atoms with van der Waals surface area (Å²) in [6, 6.07) is 1.75. The van der Waals surface area contributed by atoms with Crippen LogP contribution in [-0.4, -0.2) is 19.6 Å². The molecule has 2 rings (SSSR count).